The Morgan fingerprint density at radius 3 is 2.71 bits per heavy atom. The first kappa shape index (κ1) is 21.2. The molecule has 3 aromatic rings. The van der Waals surface area contributed by atoms with E-state index in [0.29, 0.717) is 36.9 Å². The van der Waals surface area contributed by atoms with Crippen molar-refractivity contribution in [1.82, 2.24) is 29.8 Å². The predicted octanol–water partition coefficient (Wildman–Crippen LogP) is 3.46. The number of hydrogen-bond donors (Lipinski definition) is 0. The number of benzene rings is 1. The first-order valence-electron chi connectivity index (χ1n) is 11.2. The predicted molar refractivity (Wildman–Crippen MR) is 116 cm³/mol. The third-order valence-electron chi connectivity index (χ3n) is 6.03. The van der Waals surface area contributed by atoms with Crippen molar-refractivity contribution in [3.05, 3.63) is 47.9 Å². The smallest absolute Gasteiger partial charge is 0.226 e. The molecule has 0 aliphatic carbocycles. The molecule has 0 atom stereocenters. The molecule has 1 aliphatic rings. The van der Waals surface area contributed by atoms with Crippen molar-refractivity contribution in [3.8, 4) is 11.4 Å². The molecule has 8 nitrogen and oxygen atoms in total. The number of carbonyl (C=O) groups excluding carboxylic acids is 1. The van der Waals surface area contributed by atoms with Gasteiger partial charge in [0.05, 0.1) is 0 Å². The van der Waals surface area contributed by atoms with Crippen molar-refractivity contribution < 1.29 is 9.32 Å². The van der Waals surface area contributed by atoms with E-state index in [1.807, 2.05) is 36.1 Å². The van der Waals surface area contributed by atoms with Crippen molar-refractivity contribution >= 4 is 5.91 Å². The van der Waals surface area contributed by atoms with Gasteiger partial charge in [-0.25, -0.2) is 0 Å². The van der Waals surface area contributed by atoms with E-state index in [9.17, 15) is 4.79 Å². The number of piperidine rings is 1. The lowest BCUT2D eigenvalue weighted by atomic mass is 9.93. The highest BCUT2D eigenvalue weighted by atomic mass is 16.5. The van der Waals surface area contributed by atoms with Gasteiger partial charge < -0.3 is 14.0 Å². The Morgan fingerprint density at radius 1 is 1.19 bits per heavy atom. The van der Waals surface area contributed by atoms with Crippen LogP contribution >= 0.6 is 0 Å². The summed E-state index contributed by atoms with van der Waals surface area (Å²) in [5.74, 6) is 3.02. The van der Waals surface area contributed by atoms with Gasteiger partial charge in [-0.1, -0.05) is 35.0 Å². The van der Waals surface area contributed by atoms with Gasteiger partial charge >= 0.3 is 0 Å². The number of likely N-dealkylation sites (tertiary alicyclic amines) is 1. The van der Waals surface area contributed by atoms with Crippen LogP contribution in [0.2, 0.25) is 0 Å². The Labute approximate surface area is 182 Å². The van der Waals surface area contributed by atoms with Crippen LogP contribution in [-0.4, -0.2) is 48.8 Å². The van der Waals surface area contributed by atoms with Gasteiger partial charge in [0.25, 0.3) is 0 Å². The Balaban J connectivity index is 1.19. The average molecular weight is 423 g/mol. The zero-order chi connectivity index (χ0) is 21.6. The summed E-state index contributed by atoms with van der Waals surface area (Å²) in [6.07, 6.45) is 6.62. The van der Waals surface area contributed by atoms with Crippen molar-refractivity contribution in [2.75, 3.05) is 13.1 Å². The van der Waals surface area contributed by atoms with Gasteiger partial charge in [-0.05, 0) is 39.0 Å². The molecule has 31 heavy (non-hydrogen) atoms. The molecule has 8 heteroatoms. The molecule has 0 spiro atoms. The summed E-state index contributed by atoms with van der Waals surface area (Å²) in [4.78, 5) is 19.1. The second kappa shape index (κ2) is 9.85. The topological polar surface area (TPSA) is 89.9 Å². The van der Waals surface area contributed by atoms with Crippen molar-refractivity contribution in [2.24, 2.45) is 5.92 Å². The van der Waals surface area contributed by atoms with Crippen LogP contribution < -0.4 is 0 Å². The Kier molecular flexibility index (Phi) is 6.74. The van der Waals surface area contributed by atoms with Gasteiger partial charge in [-0.3, -0.25) is 4.79 Å². The molecule has 4 rings (SSSR count). The Morgan fingerprint density at radius 2 is 1.97 bits per heavy atom. The number of rotatable bonds is 8. The molecule has 1 fully saturated rings. The van der Waals surface area contributed by atoms with E-state index in [0.717, 1.165) is 50.3 Å². The molecule has 0 saturated carbocycles. The van der Waals surface area contributed by atoms with Crippen LogP contribution in [0.15, 0.2) is 35.1 Å². The molecule has 3 heterocycles. The summed E-state index contributed by atoms with van der Waals surface area (Å²) in [6.45, 7) is 6.69. The van der Waals surface area contributed by atoms with Crippen molar-refractivity contribution in [3.63, 3.8) is 0 Å². The third-order valence-corrected chi connectivity index (χ3v) is 6.03. The quantitative estimate of drug-likeness (QED) is 0.552. The molecule has 1 aliphatic heterocycles. The lowest BCUT2D eigenvalue weighted by molar-refractivity contribution is -0.132. The van der Waals surface area contributed by atoms with Crippen LogP contribution in [0.1, 0.15) is 49.9 Å². The maximum atomic E-state index is 12.6. The molecule has 1 amide bonds. The van der Waals surface area contributed by atoms with E-state index in [2.05, 4.69) is 31.8 Å². The number of aryl methyl sites for hydroxylation is 3. The summed E-state index contributed by atoms with van der Waals surface area (Å²) < 4.78 is 7.46. The van der Waals surface area contributed by atoms with Gasteiger partial charge in [-0.15, -0.1) is 10.2 Å². The van der Waals surface area contributed by atoms with Crippen LogP contribution in [0.5, 0.6) is 0 Å². The maximum absolute atomic E-state index is 12.6. The first-order chi connectivity index (χ1) is 15.1. The lowest BCUT2D eigenvalue weighted by Crippen LogP contribution is -2.39. The van der Waals surface area contributed by atoms with E-state index in [-0.39, 0.29) is 5.91 Å². The number of hydrogen-bond acceptors (Lipinski definition) is 6. The monoisotopic (exact) mass is 422 g/mol. The summed E-state index contributed by atoms with van der Waals surface area (Å²) in [5, 5.41) is 12.3. The standard InChI is InChI=1S/C23H30N6O2/c1-3-28-16-24-26-20(28)15-18-11-13-29(14-12-18)22(30)6-4-5-21-25-23(27-31-21)19-9-7-17(2)8-10-19/h7-10,16,18H,3-6,11-15H2,1-2H3. The molecule has 2 aromatic heterocycles. The van der Waals surface area contributed by atoms with E-state index < -0.39 is 0 Å². The van der Waals surface area contributed by atoms with Crippen molar-refractivity contribution in [1.29, 1.82) is 0 Å². The molecule has 0 unspecified atom stereocenters. The fraction of sp³-hybridized carbons (Fsp3) is 0.522. The second-order valence-corrected chi connectivity index (χ2v) is 8.29. The zero-order valence-electron chi connectivity index (χ0n) is 18.3. The molecular formula is C23H30N6O2. The van der Waals surface area contributed by atoms with Gasteiger partial charge in [0.1, 0.15) is 12.2 Å². The van der Waals surface area contributed by atoms with E-state index >= 15 is 0 Å². The molecule has 1 saturated heterocycles. The van der Waals surface area contributed by atoms with Crippen LogP contribution in [0.3, 0.4) is 0 Å². The first-order valence-corrected chi connectivity index (χ1v) is 11.2. The maximum Gasteiger partial charge on any atom is 0.226 e. The molecule has 0 radical (unpaired) electrons. The Bertz CT molecular complexity index is 986. The van der Waals surface area contributed by atoms with Gasteiger partial charge in [0.2, 0.25) is 17.6 Å². The number of amides is 1. The number of aromatic nitrogens is 5. The molecule has 164 valence electrons. The minimum atomic E-state index is 0.216. The van der Waals surface area contributed by atoms with Crippen LogP contribution in [0.4, 0.5) is 0 Å². The lowest BCUT2D eigenvalue weighted by Gasteiger charge is -2.32. The number of carbonyl (C=O) groups is 1. The highest BCUT2D eigenvalue weighted by molar-refractivity contribution is 5.76. The zero-order valence-corrected chi connectivity index (χ0v) is 18.3. The average Bonchev–Trinajstić information content (AvgIpc) is 3.44. The minimum Gasteiger partial charge on any atom is -0.343 e. The minimum absolute atomic E-state index is 0.216. The molecule has 1 aromatic carbocycles. The summed E-state index contributed by atoms with van der Waals surface area (Å²) in [6, 6.07) is 8.04. The highest BCUT2D eigenvalue weighted by Gasteiger charge is 2.24. The third kappa shape index (κ3) is 5.37. The normalized spacial score (nSPS) is 14.8. The Hall–Kier alpha value is -3.03. The molecule has 0 N–H and O–H groups in total. The van der Waals surface area contributed by atoms with Gasteiger partial charge in [0, 0.05) is 44.5 Å². The summed E-state index contributed by atoms with van der Waals surface area (Å²) in [5.41, 5.74) is 2.14. The SMILES string of the molecule is CCn1cnnc1CC1CCN(C(=O)CCCc2nc(-c3ccc(C)cc3)no2)CC1. The van der Waals surface area contributed by atoms with Crippen LogP contribution in [0, 0.1) is 12.8 Å². The van der Waals surface area contributed by atoms with E-state index in [1.165, 1.54) is 5.56 Å². The summed E-state index contributed by atoms with van der Waals surface area (Å²) in [7, 11) is 0. The van der Waals surface area contributed by atoms with Gasteiger partial charge in [-0.2, -0.15) is 4.98 Å². The highest BCUT2D eigenvalue weighted by Crippen LogP contribution is 2.22. The molecule has 0 bridgehead atoms. The van der Waals surface area contributed by atoms with E-state index in [4.69, 9.17) is 4.52 Å². The summed E-state index contributed by atoms with van der Waals surface area (Å²) >= 11 is 0. The largest absolute Gasteiger partial charge is 0.343 e. The molecular weight excluding hydrogens is 392 g/mol. The fourth-order valence-corrected chi connectivity index (χ4v) is 4.07. The van der Waals surface area contributed by atoms with Crippen LogP contribution in [-0.2, 0) is 24.2 Å². The fourth-order valence-electron chi connectivity index (χ4n) is 4.07. The van der Waals surface area contributed by atoms with Crippen LogP contribution in [0.25, 0.3) is 11.4 Å². The van der Waals surface area contributed by atoms with Crippen molar-refractivity contribution in [2.45, 2.75) is 58.9 Å². The second-order valence-electron chi connectivity index (χ2n) is 8.29. The number of nitrogens with zero attached hydrogens (tertiary/aromatic N) is 6. The van der Waals surface area contributed by atoms with E-state index in [1.54, 1.807) is 6.33 Å². The van der Waals surface area contributed by atoms with Gasteiger partial charge in [0.15, 0.2) is 0 Å².